The molecule has 1 rings (SSSR count). The standard InChI is InChI=1S/C14H19NO3/c1-3-10(2)11-4-6-12(7-5-11)15-13(16)8-9-14(17)18/h4-7,10H,3,8-9H2,1-2H3,(H,15,16)(H,17,18)/p-1. The maximum Gasteiger partial charge on any atom is 0.224 e. The van der Waals surface area contributed by atoms with Crippen molar-refractivity contribution in [2.75, 3.05) is 5.32 Å². The fourth-order valence-electron chi connectivity index (χ4n) is 1.57. The van der Waals surface area contributed by atoms with Gasteiger partial charge in [-0.05, 0) is 36.5 Å². The van der Waals surface area contributed by atoms with Crippen LogP contribution in [0.25, 0.3) is 0 Å². The Bertz CT molecular complexity index is 412. The summed E-state index contributed by atoms with van der Waals surface area (Å²) in [5, 5.41) is 12.9. The molecule has 4 heteroatoms. The lowest BCUT2D eigenvalue weighted by Crippen LogP contribution is -2.24. The molecule has 0 bridgehead atoms. The first-order chi connectivity index (χ1) is 8.52. The van der Waals surface area contributed by atoms with Gasteiger partial charge in [-0.25, -0.2) is 0 Å². The molecule has 0 aliphatic carbocycles. The van der Waals surface area contributed by atoms with Gasteiger partial charge in [-0.1, -0.05) is 26.0 Å². The van der Waals surface area contributed by atoms with Crippen molar-refractivity contribution >= 4 is 17.6 Å². The Balaban J connectivity index is 2.53. The third-order valence-electron chi connectivity index (χ3n) is 2.93. The zero-order valence-electron chi connectivity index (χ0n) is 10.7. The molecule has 1 amide bonds. The highest BCUT2D eigenvalue weighted by Gasteiger charge is 2.05. The van der Waals surface area contributed by atoms with Crippen LogP contribution in [0.4, 0.5) is 5.69 Å². The minimum atomic E-state index is -1.21. The summed E-state index contributed by atoms with van der Waals surface area (Å²) in [6.07, 6.45) is 0.754. The van der Waals surface area contributed by atoms with Gasteiger partial charge in [0, 0.05) is 18.1 Å². The Morgan fingerprint density at radius 2 is 1.83 bits per heavy atom. The van der Waals surface area contributed by atoms with Crippen LogP contribution in [0.3, 0.4) is 0 Å². The molecule has 0 spiro atoms. The number of carboxylic acids is 1. The lowest BCUT2D eigenvalue weighted by molar-refractivity contribution is -0.305. The van der Waals surface area contributed by atoms with Crippen molar-refractivity contribution in [1.29, 1.82) is 0 Å². The van der Waals surface area contributed by atoms with Gasteiger partial charge in [0.1, 0.15) is 0 Å². The molecule has 1 N–H and O–H groups in total. The molecule has 1 unspecified atom stereocenters. The predicted octanol–water partition coefficient (Wildman–Crippen LogP) is 1.67. The normalized spacial score (nSPS) is 11.9. The zero-order valence-corrected chi connectivity index (χ0v) is 10.7. The van der Waals surface area contributed by atoms with Crippen LogP contribution in [0.5, 0.6) is 0 Å². The van der Waals surface area contributed by atoms with Crippen LogP contribution >= 0.6 is 0 Å². The highest BCUT2D eigenvalue weighted by molar-refractivity contribution is 5.92. The molecule has 0 fully saturated rings. The molecule has 1 aromatic carbocycles. The number of nitrogens with one attached hydrogen (secondary N) is 1. The number of hydrogen-bond acceptors (Lipinski definition) is 3. The van der Waals surface area contributed by atoms with E-state index in [0.29, 0.717) is 11.6 Å². The van der Waals surface area contributed by atoms with Gasteiger partial charge in [0.15, 0.2) is 0 Å². The van der Waals surface area contributed by atoms with Crippen molar-refractivity contribution in [2.45, 2.75) is 39.0 Å². The van der Waals surface area contributed by atoms with Gasteiger partial charge in [-0.2, -0.15) is 0 Å². The Kier molecular flexibility index (Phi) is 5.36. The largest absolute Gasteiger partial charge is 0.550 e. The first kappa shape index (κ1) is 14.2. The molecule has 0 aliphatic rings. The summed E-state index contributed by atoms with van der Waals surface area (Å²) < 4.78 is 0. The maximum absolute atomic E-state index is 11.4. The number of hydrogen-bond donors (Lipinski definition) is 1. The summed E-state index contributed by atoms with van der Waals surface area (Å²) in [6.45, 7) is 4.27. The van der Waals surface area contributed by atoms with Crippen LogP contribution in [0, 0.1) is 0 Å². The van der Waals surface area contributed by atoms with Gasteiger partial charge in [-0.15, -0.1) is 0 Å². The van der Waals surface area contributed by atoms with Crippen LogP contribution in [0.15, 0.2) is 24.3 Å². The van der Waals surface area contributed by atoms with Gasteiger partial charge in [0.25, 0.3) is 0 Å². The van der Waals surface area contributed by atoms with Gasteiger partial charge >= 0.3 is 0 Å². The molecule has 18 heavy (non-hydrogen) atoms. The molecule has 4 nitrogen and oxygen atoms in total. The van der Waals surface area contributed by atoms with Gasteiger partial charge in [0.2, 0.25) is 5.91 Å². The topological polar surface area (TPSA) is 69.2 Å². The third-order valence-corrected chi connectivity index (χ3v) is 2.93. The van der Waals surface area contributed by atoms with E-state index < -0.39 is 5.97 Å². The quantitative estimate of drug-likeness (QED) is 0.832. The molecule has 0 heterocycles. The third kappa shape index (κ3) is 4.57. The number of amides is 1. The molecular weight excluding hydrogens is 230 g/mol. The highest BCUT2D eigenvalue weighted by atomic mass is 16.4. The van der Waals surface area contributed by atoms with E-state index in [1.54, 1.807) is 0 Å². The van der Waals surface area contributed by atoms with Crippen molar-refractivity contribution < 1.29 is 14.7 Å². The molecule has 0 aromatic heterocycles. The summed E-state index contributed by atoms with van der Waals surface area (Å²) >= 11 is 0. The number of aliphatic carboxylic acids is 1. The van der Waals surface area contributed by atoms with Crippen LogP contribution < -0.4 is 10.4 Å². The number of carbonyl (C=O) groups is 2. The van der Waals surface area contributed by atoms with Gasteiger partial charge < -0.3 is 15.2 Å². The second kappa shape index (κ2) is 6.79. The average molecular weight is 248 g/mol. The van der Waals surface area contributed by atoms with E-state index in [1.165, 1.54) is 5.56 Å². The second-order valence-electron chi connectivity index (χ2n) is 4.35. The molecule has 1 atom stereocenters. The summed E-state index contributed by atoms with van der Waals surface area (Å²) in [7, 11) is 0. The van der Waals surface area contributed by atoms with Crippen molar-refractivity contribution in [2.24, 2.45) is 0 Å². The van der Waals surface area contributed by atoms with Crippen LogP contribution in [-0.4, -0.2) is 11.9 Å². The summed E-state index contributed by atoms with van der Waals surface area (Å²) in [5.41, 5.74) is 1.91. The SMILES string of the molecule is CCC(C)c1ccc(NC(=O)CCC(=O)[O-])cc1. The van der Waals surface area contributed by atoms with E-state index in [1.807, 2.05) is 24.3 Å². The lowest BCUT2D eigenvalue weighted by atomic mass is 9.99. The van der Waals surface area contributed by atoms with Crippen molar-refractivity contribution in [3.63, 3.8) is 0 Å². The Morgan fingerprint density at radius 3 is 2.33 bits per heavy atom. The van der Waals surface area contributed by atoms with Crippen molar-refractivity contribution in [3.05, 3.63) is 29.8 Å². The Morgan fingerprint density at radius 1 is 1.22 bits per heavy atom. The number of rotatable bonds is 6. The van der Waals surface area contributed by atoms with E-state index in [0.717, 1.165) is 6.42 Å². The Hall–Kier alpha value is -1.84. The average Bonchev–Trinajstić information content (AvgIpc) is 2.36. The maximum atomic E-state index is 11.4. The summed E-state index contributed by atoms with van der Waals surface area (Å²) in [6, 6.07) is 7.61. The Labute approximate surface area is 107 Å². The first-order valence-corrected chi connectivity index (χ1v) is 6.12. The van der Waals surface area contributed by atoms with Crippen LogP contribution in [-0.2, 0) is 9.59 Å². The van der Waals surface area contributed by atoms with E-state index in [2.05, 4.69) is 19.2 Å². The second-order valence-corrected chi connectivity index (χ2v) is 4.35. The molecule has 98 valence electrons. The number of benzene rings is 1. The predicted molar refractivity (Wildman–Crippen MR) is 68.0 cm³/mol. The summed E-state index contributed by atoms with van der Waals surface area (Å²) in [4.78, 5) is 21.6. The number of carboxylic acid groups (broad SMARTS) is 1. The molecule has 0 saturated carbocycles. The fourth-order valence-corrected chi connectivity index (χ4v) is 1.57. The van der Waals surface area contributed by atoms with Gasteiger partial charge in [-0.3, -0.25) is 4.79 Å². The van der Waals surface area contributed by atoms with E-state index in [4.69, 9.17) is 0 Å². The van der Waals surface area contributed by atoms with Crippen LogP contribution in [0.2, 0.25) is 0 Å². The molecule has 0 saturated heterocycles. The van der Waals surface area contributed by atoms with E-state index in [-0.39, 0.29) is 18.7 Å². The smallest absolute Gasteiger partial charge is 0.224 e. The van der Waals surface area contributed by atoms with E-state index >= 15 is 0 Å². The molecule has 0 radical (unpaired) electrons. The fraction of sp³-hybridized carbons (Fsp3) is 0.429. The van der Waals surface area contributed by atoms with Gasteiger partial charge in [0.05, 0.1) is 0 Å². The number of carbonyl (C=O) groups excluding carboxylic acids is 2. The highest BCUT2D eigenvalue weighted by Crippen LogP contribution is 2.20. The van der Waals surface area contributed by atoms with Crippen molar-refractivity contribution in [3.8, 4) is 0 Å². The zero-order chi connectivity index (χ0) is 13.5. The molecular formula is C14H18NO3-. The minimum Gasteiger partial charge on any atom is -0.550 e. The molecule has 0 aliphatic heterocycles. The van der Waals surface area contributed by atoms with Crippen LogP contribution in [0.1, 0.15) is 44.6 Å². The minimum absolute atomic E-state index is 0.0601. The van der Waals surface area contributed by atoms with Crippen molar-refractivity contribution in [1.82, 2.24) is 0 Å². The molecule has 1 aromatic rings. The number of anilines is 1. The summed E-state index contributed by atoms with van der Waals surface area (Å²) in [5.74, 6) is -1.03. The lowest BCUT2D eigenvalue weighted by Gasteiger charge is -2.10. The van der Waals surface area contributed by atoms with E-state index in [9.17, 15) is 14.7 Å². The monoisotopic (exact) mass is 248 g/mol. The first-order valence-electron chi connectivity index (χ1n) is 6.12.